The third kappa shape index (κ3) is 4.88. The highest BCUT2D eigenvalue weighted by Gasteiger charge is 2.19. The summed E-state index contributed by atoms with van der Waals surface area (Å²) in [6.45, 7) is 2.10. The molecule has 0 radical (unpaired) electrons. The number of pyridine rings is 1. The normalized spacial score (nSPS) is 11.2. The second-order valence-corrected chi connectivity index (χ2v) is 7.82. The lowest BCUT2D eigenvalue weighted by atomic mass is 10.2. The van der Waals surface area contributed by atoms with Crippen molar-refractivity contribution in [3.05, 3.63) is 78.0 Å². The topological polar surface area (TPSA) is 77.5 Å². The summed E-state index contributed by atoms with van der Waals surface area (Å²) in [5.41, 5.74) is 1.69. The first kappa shape index (κ1) is 19.9. The zero-order valence-corrected chi connectivity index (χ0v) is 16.6. The molecular weight excluding hydrogens is 376 g/mol. The fourth-order valence-corrected chi connectivity index (χ4v) is 3.89. The molecule has 3 aromatic rings. The first-order valence-electron chi connectivity index (χ1n) is 8.86. The summed E-state index contributed by atoms with van der Waals surface area (Å²) in [6, 6.07) is 17.8. The smallest absolute Gasteiger partial charge is 0.244 e. The van der Waals surface area contributed by atoms with Crippen molar-refractivity contribution in [1.82, 2.24) is 9.71 Å². The molecule has 0 spiro atoms. The number of aryl methyl sites for hydroxylation is 1. The van der Waals surface area contributed by atoms with Crippen LogP contribution in [0.5, 0.6) is 17.4 Å². The van der Waals surface area contributed by atoms with E-state index in [1.54, 1.807) is 48.7 Å². The summed E-state index contributed by atoms with van der Waals surface area (Å²) in [7, 11) is -2.28. The van der Waals surface area contributed by atoms with Crippen molar-refractivity contribution in [2.45, 2.75) is 24.8 Å². The number of sulfonamides is 1. The van der Waals surface area contributed by atoms with E-state index in [-0.39, 0.29) is 11.4 Å². The highest BCUT2D eigenvalue weighted by Crippen LogP contribution is 2.26. The number of rotatable bonds is 8. The Bertz CT molecular complexity index is 1040. The molecule has 0 unspecified atom stereocenters. The third-order valence-electron chi connectivity index (χ3n) is 4.15. The van der Waals surface area contributed by atoms with Crippen molar-refractivity contribution < 1.29 is 17.9 Å². The average Bonchev–Trinajstić information content (AvgIpc) is 2.73. The highest BCUT2D eigenvalue weighted by molar-refractivity contribution is 7.89. The van der Waals surface area contributed by atoms with Crippen molar-refractivity contribution >= 4 is 10.0 Å². The molecule has 0 saturated heterocycles. The summed E-state index contributed by atoms with van der Waals surface area (Å²) in [5.74, 6) is 1.37. The van der Waals surface area contributed by atoms with Gasteiger partial charge in [0.25, 0.3) is 0 Å². The number of benzene rings is 2. The van der Waals surface area contributed by atoms with Crippen LogP contribution in [0.15, 0.2) is 71.8 Å². The molecule has 1 N–H and O–H groups in total. The molecule has 2 aromatic carbocycles. The van der Waals surface area contributed by atoms with Gasteiger partial charge in [0.05, 0.1) is 7.11 Å². The molecular formula is C21H22N2O4S. The molecule has 146 valence electrons. The minimum Gasteiger partial charge on any atom is -0.495 e. The van der Waals surface area contributed by atoms with Crippen molar-refractivity contribution in [3.8, 4) is 17.4 Å². The number of ether oxygens (including phenoxy) is 2. The van der Waals surface area contributed by atoms with Crippen LogP contribution < -0.4 is 14.2 Å². The van der Waals surface area contributed by atoms with Crippen LogP contribution in [0.4, 0.5) is 0 Å². The number of nitrogens with one attached hydrogen (secondary N) is 1. The van der Waals surface area contributed by atoms with Crippen LogP contribution in [-0.4, -0.2) is 20.5 Å². The standard InChI is InChI=1S/C21H22N2O4S/c1-3-16-10-11-19(26-2)20(14-16)28(24,25)23-15-17-7-6-8-18(13-17)27-21-9-4-5-12-22-21/h4-14,23H,3,15H2,1-2H3. The summed E-state index contributed by atoms with van der Waals surface area (Å²) < 4.78 is 39.1. The van der Waals surface area contributed by atoms with E-state index in [4.69, 9.17) is 9.47 Å². The van der Waals surface area contributed by atoms with Gasteiger partial charge in [-0.25, -0.2) is 18.1 Å². The molecule has 0 aliphatic carbocycles. The predicted molar refractivity (Wildman–Crippen MR) is 107 cm³/mol. The van der Waals surface area contributed by atoms with Crippen molar-refractivity contribution in [2.24, 2.45) is 0 Å². The highest BCUT2D eigenvalue weighted by atomic mass is 32.2. The Balaban J connectivity index is 1.75. The van der Waals surface area contributed by atoms with Gasteiger partial charge in [-0.05, 0) is 47.9 Å². The molecule has 28 heavy (non-hydrogen) atoms. The number of nitrogens with zero attached hydrogens (tertiary/aromatic N) is 1. The largest absolute Gasteiger partial charge is 0.495 e. The molecule has 0 atom stereocenters. The molecule has 0 aliphatic rings. The predicted octanol–water partition coefficient (Wildman–Crippen LogP) is 3.92. The fraction of sp³-hybridized carbons (Fsp3) is 0.190. The van der Waals surface area contributed by atoms with Gasteiger partial charge >= 0.3 is 0 Å². The van der Waals surface area contributed by atoms with Gasteiger partial charge in [0.2, 0.25) is 15.9 Å². The first-order valence-corrected chi connectivity index (χ1v) is 10.3. The van der Waals surface area contributed by atoms with E-state index in [9.17, 15) is 8.42 Å². The molecule has 3 rings (SSSR count). The summed E-state index contributed by atoms with van der Waals surface area (Å²) in [4.78, 5) is 4.25. The van der Waals surface area contributed by atoms with E-state index in [0.29, 0.717) is 17.4 Å². The Morgan fingerprint density at radius 1 is 1.00 bits per heavy atom. The third-order valence-corrected chi connectivity index (χ3v) is 5.57. The van der Waals surface area contributed by atoms with Crippen LogP contribution in [0.2, 0.25) is 0 Å². The van der Waals surface area contributed by atoms with E-state index in [1.807, 2.05) is 25.1 Å². The Kier molecular flexibility index (Phi) is 6.28. The Morgan fingerprint density at radius 3 is 2.57 bits per heavy atom. The maximum Gasteiger partial charge on any atom is 0.244 e. The van der Waals surface area contributed by atoms with Gasteiger partial charge in [-0.15, -0.1) is 0 Å². The zero-order chi connectivity index (χ0) is 20.0. The zero-order valence-electron chi connectivity index (χ0n) is 15.8. The van der Waals surface area contributed by atoms with Gasteiger partial charge in [0.1, 0.15) is 16.4 Å². The van der Waals surface area contributed by atoms with E-state index in [0.717, 1.165) is 17.5 Å². The molecule has 1 aromatic heterocycles. The maximum absolute atomic E-state index is 12.8. The Labute approximate surface area is 165 Å². The minimum absolute atomic E-state index is 0.126. The second kappa shape index (κ2) is 8.86. The molecule has 0 aliphatic heterocycles. The van der Waals surface area contributed by atoms with Crippen LogP contribution in [0, 0.1) is 0 Å². The molecule has 0 fully saturated rings. The minimum atomic E-state index is -3.73. The summed E-state index contributed by atoms with van der Waals surface area (Å²) >= 11 is 0. The molecule has 0 bridgehead atoms. The van der Waals surface area contributed by atoms with Crippen LogP contribution >= 0.6 is 0 Å². The van der Waals surface area contributed by atoms with Crippen LogP contribution in [0.25, 0.3) is 0 Å². The number of hydrogen-bond acceptors (Lipinski definition) is 5. The van der Waals surface area contributed by atoms with E-state index >= 15 is 0 Å². The van der Waals surface area contributed by atoms with Crippen molar-refractivity contribution in [2.75, 3.05) is 7.11 Å². The molecule has 0 saturated carbocycles. The van der Waals surface area contributed by atoms with Crippen LogP contribution in [0.1, 0.15) is 18.1 Å². The van der Waals surface area contributed by atoms with Crippen molar-refractivity contribution in [1.29, 1.82) is 0 Å². The first-order chi connectivity index (χ1) is 13.5. The lowest BCUT2D eigenvalue weighted by Gasteiger charge is -2.12. The quantitative estimate of drug-likeness (QED) is 0.622. The van der Waals surface area contributed by atoms with Gasteiger partial charge in [0, 0.05) is 18.8 Å². The SMILES string of the molecule is CCc1ccc(OC)c(S(=O)(=O)NCc2cccc(Oc3ccccn3)c2)c1. The van der Waals surface area contributed by atoms with E-state index < -0.39 is 10.0 Å². The van der Waals surface area contributed by atoms with Gasteiger partial charge < -0.3 is 9.47 Å². The Hall–Kier alpha value is -2.90. The lowest BCUT2D eigenvalue weighted by molar-refractivity contribution is 0.402. The fourth-order valence-electron chi connectivity index (χ4n) is 2.65. The molecule has 6 nitrogen and oxygen atoms in total. The number of hydrogen-bond donors (Lipinski definition) is 1. The van der Waals surface area contributed by atoms with E-state index in [2.05, 4.69) is 9.71 Å². The molecule has 0 amide bonds. The monoisotopic (exact) mass is 398 g/mol. The second-order valence-electron chi connectivity index (χ2n) is 6.08. The van der Waals surface area contributed by atoms with Gasteiger partial charge in [-0.1, -0.05) is 31.2 Å². The average molecular weight is 398 g/mol. The van der Waals surface area contributed by atoms with Crippen molar-refractivity contribution in [3.63, 3.8) is 0 Å². The molecule has 7 heteroatoms. The van der Waals surface area contributed by atoms with Crippen LogP contribution in [-0.2, 0) is 23.0 Å². The van der Waals surface area contributed by atoms with Gasteiger partial charge in [-0.2, -0.15) is 0 Å². The van der Waals surface area contributed by atoms with E-state index in [1.165, 1.54) is 7.11 Å². The van der Waals surface area contributed by atoms with Gasteiger partial charge in [-0.3, -0.25) is 0 Å². The Morgan fingerprint density at radius 2 is 1.86 bits per heavy atom. The number of methoxy groups -OCH3 is 1. The molecule has 1 heterocycles. The summed E-state index contributed by atoms with van der Waals surface area (Å²) in [5, 5.41) is 0. The lowest BCUT2D eigenvalue weighted by Crippen LogP contribution is -2.24. The summed E-state index contributed by atoms with van der Waals surface area (Å²) in [6.07, 6.45) is 2.38. The van der Waals surface area contributed by atoms with Gasteiger partial charge in [0.15, 0.2) is 0 Å². The maximum atomic E-state index is 12.8. The van der Waals surface area contributed by atoms with Crippen LogP contribution in [0.3, 0.4) is 0 Å². The number of aromatic nitrogens is 1.